The van der Waals surface area contributed by atoms with E-state index in [1.165, 1.54) is 0 Å². The Morgan fingerprint density at radius 1 is 1.34 bits per heavy atom. The number of aryl methyl sites for hydroxylation is 1. The first-order chi connectivity index (χ1) is 13.1. The molecule has 9 heteroatoms. The first-order valence-electron chi connectivity index (χ1n) is 9.15. The van der Waals surface area contributed by atoms with Gasteiger partial charge < -0.3 is 10.6 Å². The second-order valence-electron chi connectivity index (χ2n) is 7.11. The minimum Gasteiger partial charge on any atom is -0.368 e. The maximum Gasteiger partial charge on any atom is 0.328 e. The van der Waals surface area contributed by atoms with Crippen molar-refractivity contribution in [3.8, 4) is 6.07 Å². The van der Waals surface area contributed by atoms with Crippen LogP contribution in [0.1, 0.15) is 29.7 Å². The fourth-order valence-electron chi connectivity index (χ4n) is 3.83. The van der Waals surface area contributed by atoms with Crippen LogP contribution < -0.4 is 16.3 Å². The Morgan fingerprint density at radius 2 is 2.10 bits per heavy atom. The fourth-order valence-corrected chi connectivity index (χ4v) is 3.83. The topological polar surface area (TPSA) is 104 Å². The number of aromatic nitrogens is 3. The lowest BCUT2D eigenvalue weighted by molar-refractivity contribution is 0.506. The van der Waals surface area contributed by atoms with E-state index in [1.807, 2.05) is 31.2 Å². The van der Waals surface area contributed by atoms with Gasteiger partial charge in [0.1, 0.15) is 5.52 Å². The Morgan fingerprint density at radius 3 is 2.83 bits per heavy atom. The Labute approximate surface area is 181 Å². The van der Waals surface area contributed by atoms with Gasteiger partial charge in [-0.25, -0.2) is 9.78 Å². The predicted octanol–water partition coefficient (Wildman–Crippen LogP) is 2.72. The number of nitriles is 1. The standard InChI is InChI=1S/C20H22N6O.2ClH/c1-13-9-17(25-8-4-7-16(22)12-25)18-19(23-13)24-20(27)26(18)11-15-6-3-2-5-14(15)10-21;;/h2-3,5-6,9,16H,4,7-8,11-12,22H2,1H3,(H,23,24,27);2*1H/t16-;;/m1../s1. The highest BCUT2D eigenvalue weighted by Crippen LogP contribution is 2.28. The van der Waals surface area contributed by atoms with Gasteiger partial charge in [0.15, 0.2) is 5.65 Å². The molecule has 3 aromatic rings. The smallest absolute Gasteiger partial charge is 0.328 e. The van der Waals surface area contributed by atoms with Crippen molar-refractivity contribution in [1.82, 2.24) is 14.5 Å². The fraction of sp³-hybridized carbons (Fsp3) is 0.350. The molecule has 29 heavy (non-hydrogen) atoms. The molecular formula is C20H24Cl2N6O. The van der Waals surface area contributed by atoms with Crippen LogP contribution in [0.5, 0.6) is 0 Å². The van der Waals surface area contributed by atoms with Gasteiger partial charge in [0.25, 0.3) is 0 Å². The molecule has 154 valence electrons. The number of piperidine rings is 1. The van der Waals surface area contributed by atoms with Crippen molar-refractivity contribution in [3.63, 3.8) is 0 Å². The van der Waals surface area contributed by atoms with Gasteiger partial charge >= 0.3 is 5.69 Å². The van der Waals surface area contributed by atoms with Crippen LogP contribution in [0.4, 0.5) is 5.69 Å². The molecule has 2 aromatic heterocycles. The number of imidazole rings is 1. The maximum absolute atomic E-state index is 12.7. The summed E-state index contributed by atoms with van der Waals surface area (Å²) in [6.45, 7) is 3.90. The summed E-state index contributed by atoms with van der Waals surface area (Å²) in [7, 11) is 0. The van der Waals surface area contributed by atoms with E-state index in [9.17, 15) is 10.1 Å². The molecule has 7 nitrogen and oxygen atoms in total. The summed E-state index contributed by atoms with van der Waals surface area (Å²) in [5.74, 6) is 0. The highest BCUT2D eigenvalue weighted by atomic mass is 35.5. The Bertz CT molecular complexity index is 1100. The van der Waals surface area contributed by atoms with Crippen molar-refractivity contribution in [2.45, 2.75) is 32.4 Å². The summed E-state index contributed by atoms with van der Waals surface area (Å²) in [5, 5.41) is 9.37. The van der Waals surface area contributed by atoms with Crippen molar-refractivity contribution in [2.24, 2.45) is 5.73 Å². The molecule has 3 N–H and O–H groups in total. The van der Waals surface area contributed by atoms with Gasteiger partial charge in [0.05, 0.1) is 23.9 Å². The molecule has 1 atom stereocenters. The normalized spacial score (nSPS) is 16.0. The molecule has 0 amide bonds. The zero-order chi connectivity index (χ0) is 19.0. The van der Waals surface area contributed by atoms with Crippen molar-refractivity contribution in [1.29, 1.82) is 5.26 Å². The van der Waals surface area contributed by atoms with E-state index in [0.29, 0.717) is 17.8 Å². The van der Waals surface area contributed by atoms with Crippen molar-refractivity contribution in [3.05, 3.63) is 57.6 Å². The van der Waals surface area contributed by atoms with E-state index < -0.39 is 0 Å². The molecule has 1 aromatic carbocycles. The van der Waals surface area contributed by atoms with Gasteiger partial charge in [-0.2, -0.15) is 5.26 Å². The molecule has 1 saturated heterocycles. The van der Waals surface area contributed by atoms with Crippen molar-refractivity contribution >= 4 is 41.7 Å². The number of nitrogens with zero attached hydrogens (tertiary/aromatic N) is 4. The van der Waals surface area contributed by atoms with Crippen LogP contribution in [-0.4, -0.2) is 33.7 Å². The lowest BCUT2D eigenvalue weighted by atomic mass is 10.1. The minimum absolute atomic E-state index is 0. The first kappa shape index (κ1) is 22.8. The van der Waals surface area contributed by atoms with E-state index in [1.54, 1.807) is 10.6 Å². The van der Waals surface area contributed by atoms with Gasteiger partial charge in [0, 0.05) is 24.8 Å². The zero-order valence-corrected chi connectivity index (χ0v) is 17.7. The molecule has 4 rings (SSSR count). The number of rotatable bonds is 3. The van der Waals surface area contributed by atoms with Crippen LogP contribution >= 0.6 is 24.8 Å². The second kappa shape index (κ2) is 9.31. The monoisotopic (exact) mass is 434 g/mol. The van der Waals surface area contributed by atoms with Crippen molar-refractivity contribution in [2.75, 3.05) is 18.0 Å². The number of nitrogens with two attached hydrogens (primary N) is 1. The van der Waals surface area contributed by atoms with E-state index in [-0.39, 0.29) is 36.5 Å². The summed E-state index contributed by atoms with van der Waals surface area (Å²) < 4.78 is 1.67. The van der Waals surface area contributed by atoms with Gasteiger partial charge in [-0.05, 0) is 37.5 Å². The summed E-state index contributed by atoms with van der Waals surface area (Å²) in [4.78, 5) is 22.3. The summed E-state index contributed by atoms with van der Waals surface area (Å²) in [5.41, 5.74) is 10.5. The number of aromatic amines is 1. The first-order valence-corrected chi connectivity index (χ1v) is 9.15. The number of hydrogen-bond acceptors (Lipinski definition) is 5. The quantitative estimate of drug-likeness (QED) is 0.659. The molecule has 1 aliphatic rings. The van der Waals surface area contributed by atoms with Crippen molar-refractivity contribution < 1.29 is 0 Å². The van der Waals surface area contributed by atoms with Gasteiger partial charge in [-0.1, -0.05) is 18.2 Å². The summed E-state index contributed by atoms with van der Waals surface area (Å²) >= 11 is 0. The van der Waals surface area contributed by atoms with Crippen LogP contribution in [0.25, 0.3) is 11.2 Å². The van der Waals surface area contributed by atoms with E-state index in [0.717, 1.165) is 48.4 Å². The van der Waals surface area contributed by atoms with E-state index in [2.05, 4.69) is 20.9 Å². The van der Waals surface area contributed by atoms with Crippen LogP contribution in [0, 0.1) is 18.3 Å². The van der Waals surface area contributed by atoms with Crippen LogP contribution in [0.3, 0.4) is 0 Å². The number of benzene rings is 1. The van der Waals surface area contributed by atoms with Gasteiger partial charge in [-0.15, -0.1) is 24.8 Å². The lowest BCUT2D eigenvalue weighted by Gasteiger charge is -2.33. The van der Waals surface area contributed by atoms with Gasteiger partial charge in [-0.3, -0.25) is 9.55 Å². The predicted molar refractivity (Wildman–Crippen MR) is 119 cm³/mol. The average molecular weight is 435 g/mol. The molecule has 0 radical (unpaired) electrons. The summed E-state index contributed by atoms with van der Waals surface area (Å²) in [6.07, 6.45) is 2.04. The number of H-pyrrole nitrogens is 1. The molecule has 0 unspecified atom stereocenters. The maximum atomic E-state index is 12.7. The van der Waals surface area contributed by atoms with Crippen LogP contribution in [0.15, 0.2) is 35.1 Å². The number of fused-ring (bicyclic) bond motifs is 1. The molecule has 3 heterocycles. The molecular weight excluding hydrogens is 411 g/mol. The lowest BCUT2D eigenvalue weighted by Crippen LogP contribution is -2.43. The number of halogens is 2. The number of pyridine rings is 1. The SMILES string of the molecule is Cc1cc(N2CCC[C@@H](N)C2)c2c(n1)[nH]c(=O)n2Cc1ccccc1C#N.Cl.Cl. The number of anilines is 1. The van der Waals surface area contributed by atoms with Gasteiger partial charge in [0.2, 0.25) is 0 Å². The Balaban J connectivity index is 0.00000150. The van der Waals surface area contributed by atoms with E-state index >= 15 is 0 Å². The molecule has 1 aliphatic heterocycles. The zero-order valence-electron chi connectivity index (χ0n) is 16.1. The largest absolute Gasteiger partial charge is 0.368 e. The Hall–Kier alpha value is -2.53. The molecule has 0 saturated carbocycles. The molecule has 0 spiro atoms. The highest BCUT2D eigenvalue weighted by Gasteiger charge is 2.22. The summed E-state index contributed by atoms with van der Waals surface area (Å²) in [6, 6.07) is 11.7. The Kier molecular flexibility index (Phi) is 7.31. The highest BCUT2D eigenvalue weighted by molar-refractivity contribution is 5.87. The average Bonchev–Trinajstić information content (AvgIpc) is 2.96. The third-order valence-corrected chi connectivity index (χ3v) is 5.11. The molecule has 0 aliphatic carbocycles. The number of hydrogen-bond donors (Lipinski definition) is 2. The van der Waals surface area contributed by atoms with E-state index in [4.69, 9.17) is 5.73 Å². The van der Waals surface area contributed by atoms with Crippen LogP contribution in [0.2, 0.25) is 0 Å². The third-order valence-electron chi connectivity index (χ3n) is 5.11. The minimum atomic E-state index is -0.224. The second-order valence-corrected chi connectivity index (χ2v) is 7.11. The molecule has 1 fully saturated rings. The van der Waals surface area contributed by atoms with Crippen LogP contribution in [-0.2, 0) is 6.54 Å². The molecule has 0 bridgehead atoms. The number of nitrogens with one attached hydrogen (secondary N) is 1. The third kappa shape index (κ3) is 4.40.